The lowest BCUT2D eigenvalue weighted by molar-refractivity contribution is -0.768. The van der Waals surface area contributed by atoms with Gasteiger partial charge in [-0.1, -0.05) is 13.8 Å². The number of carbonyl (C=O) groups is 1. The number of aromatic nitrogens is 3. The molecule has 5 rings (SSSR count). The predicted molar refractivity (Wildman–Crippen MR) is 122 cm³/mol. The van der Waals surface area contributed by atoms with Crippen molar-refractivity contribution in [1.29, 1.82) is 5.26 Å². The largest absolute Gasteiger partial charge is 0.448 e. The molecule has 3 aromatic rings. The number of rotatable bonds is 3. The average Bonchev–Trinajstić information content (AvgIpc) is 3.11. The number of esters is 1. The Balaban J connectivity index is 1.82. The maximum Gasteiger partial charge on any atom is 0.422 e. The first-order chi connectivity index (χ1) is 16.7. The van der Waals surface area contributed by atoms with Crippen LogP contribution in [0, 0.1) is 36.8 Å². The van der Waals surface area contributed by atoms with Crippen LogP contribution in [0.5, 0.6) is 0 Å². The lowest BCUT2D eigenvalue weighted by Gasteiger charge is -2.43. The summed E-state index contributed by atoms with van der Waals surface area (Å²) in [6.45, 7) is 8.28. The topological polar surface area (TPSA) is 62.8 Å². The zero-order chi connectivity index (χ0) is 25.2. The summed E-state index contributed by atoms with van der Waals surface area (Å²) >= 11 is 0. The molecule has 0 spiro atoms. The summed E-state index contributed by atoms with van der Waals surface area (Å²) in [4.78, 5) is 13.1. The van der Waals surface area contributed by atoms with E-state index in [0.29, 0.717) is 36.5 Å². The number of benzene rings is 1. The molecule has 180 valence electrons. The zero-order valence-electron chi connectivity index (χ0n) is 20.5. The predicted octanol–water partition coefficient (Wildman–Crippen LogP) is 3.89. The van der Waals surface area contributed by atoms with E-state index in [9.17, 15) is 10.1 Å². The third-order valence-electron chi connectivity index (χ3n) is 8.00. The summed E-state index contributed by atoms with van der Waals surface area (Å²) in [5.41, 5.74) is 1.86. The number of hydrogen-bond acceptors (Lipinski definition) is 3. The first-order valence-corrected chi connectivity index (χ1v) is 11.9. The number of cyclic esters (lactones) is 1. The van der Waals surface area contributed by atoms with Gasteiger partial charge in [-0.15, -0.1) is 0 Å². The number of fused-ring (bicyclic) bond motifs is 4. The minimum atomic E-state index is -0.901. The molecule has 0 radical (unpaired) electrons. The molecule has 8 heteroatoms. The molecule has 2 aromatic heterocycles. The first-order valence-electron chi connectivity index (χ1n) is 11.9. The molecule has 0 saturated carbocycles. The maximum atomic E-state index is 15.8. The van der Waals surface area contributed by atoms with Gasteiger partial charge in [0, 0.05) is 31.9 Å². The van der Waals surface area contributed by atoms with Crippen LogP contribution in [0.3, 0.4) is 0 Å². The molecule has 6 nitrogen and oxygen atoms in total. The molecule has 2 unspecified atom stereocenters. The Morgan fingerprint density at radius 1 is 1.26 bits per heavy atom. The van der Waals surface area contributed by atoms with Gasteiger partial charge >= 0.3 is 11.8 Å². The van der Waals surface area contributed by atoms with Gasteiger partial charge in [0.1, 0.15) is 35.9 Å². The van der Waals surface area contributed by atoms with Crippen molar-refractivity contribution in [3.63, 3.8) is 0 Å². The second-order valence-corrected chi connectivity index (χ2v) is 9.62. The van der Waals surface area contributed by atoms with Crippen molar-refractivity contribution in [3.8, 4) is 17.3 Å². The van der Waals surface area contributed by atoms with E-state index in [4.69, 9.17) is 4.74 Å². The van der Waals surface area contributed by atoms with Crippen LogP contribution in [0.15, 0.2) is 30.6 Å². The summed E-state index contributed by atoms with van der Waals surface area (Å²) < 4.78 is 42.6. The SMILES string of the molecule is CCC1(CC)C(C2C[n+]3cc(C)n(C)c3C(=O)O2)c2cc(F)c(C#N)c(F)c2-c2cc(C)cc[n+]21. The molecule has 0 fully saturated rings. The Labute approximate surface area is 203 Å². The van der Waals surface area contributed by atoms with Crippen molar-refractivity contribution in [2.45, 2.75) is 64.6 Å². The number of hydrogen-bond donors (Lipinski definition) is 0. The van der Waals surface area contributed by atoms with Crippen molar-refractivity contribution >= 4 is 5.97 Å². The van der Waals surface area contributed by atoms with Crippen LogP contribution in [0.25, 0.3) is 11.3 Å². The number of halogens is 2. The maximum absolute atomic E-state index is 15.8. The minimum absolute atomic E-state index is 0.199. The van der Waals surface area contributed by atoms with Crippen molar-refractivity contribution in [2.75, 3.05) is 0 Å². The van der Waals surface area contributed by atoms with Gasteiger partial charge in [0.25, 0.3) is 0 Å². The van der Waals surface area contributed by atoms with E-state index in [-0.39, 0.29) is 5.56 Å². The van der Waals surface area contributed by atoms with Crippen molar-refractivity contribution < 1.29 is 27.4 Å². The molecule has 0 amide bonds. The molecule has 0 N–H and O–H groups in total. The molecule has 4 heterocycles. The molecule has 0 aliphatic carbocycles. The summed E-state index contributed by atoms with van der Waals surface area (Å²) in [5.74, 6) is -2.33. The van der Waals surface area contributed by atoms with Crippen LogP contribution < -0.4 is 9.13 Å². The highest BCUT2D eigenvalue weighted by Crippen LogP contribution is 2.49. The van der Waals surface area contributed by atoms with Gasteiger partial charge in [-0.3, -0.25) is 0 Å². The Bertz CT molecular complexity index is 1430. The van der Waals surface area contributed by atoms with Crippen LogP contribution in [-0.4, -0.2) is 16.6 Å². The molecule has 0 saturated heterocycles. The van der Waals surface area contributed by atoms with Crippen LogP contribution in [-0.2, 0) is 23.9 Å². The Kier molecular flexibility index (Phi) is 5.28. The molecule has 0 bridgehead atoms. The second-order valence-electron chi connectivity index (χ2n) is 9.62. The standard InChI is InChI=1S/C27H28F2N4O2/c1-6-27(7-2)23(21-14-32-13-16(4)31(5)25(32)26(34)35-21)17-11-19(28)18(12-30)24(29)22(17)20-10-15(3)8-9-33(20)27/h8-11,13,21,23H,6-7,14H2,1-5H3/q+2. The van der Waals surface area contributed by atoms with E-state index in [2.05, 4.69) is 0 Å². The van der Waals surface area contributed by atoms with Crippen LogP contribution in [0.2, 0.25) is 0 Å². The fraction of sp³-hybridized carbons (Fsp3) is 0.407. The summed E-state index contributed by atoms with van der Waals surface area (Å²) in [6.07, 6.45) is 4.47. The molecule has 35 heavy (non-hydrogen) atoms. The summed E-state index contributed by atoms with van der Waals surface area (Å²) in [6, 6.07) is 6.78. The Morgan fingerprint density at radius 3 is 2.63 bits per heavy atom. The third kappa shape index (κ3) is 3.07. The monoisotopic (exact) mass is 478 g/mol. The highest BCUT2D eigenvalue weighted by atomic mass is 19.1. The van der Waals surface area contributed by atoms with Gasteiger partial charge in [0.2, 0.25) is 5.69 Å². The lowest BCUT2D eigenvalue weighted by Crippen LogP contribution is -2.66. The van der Waals surface area contributed by atoms with Crippen LogP contribution in [0.1, 0.15) is 65.6 Å². The van der Waals surface area contributed by atoms with E-state index in [0.717, 1.165) is 11.3 Å². The van der Waals surface area contributed by atoms with E-state index >= 15 is 8.78 Å². The zero-order valence-corrected chi connectivity index (χ0v) is 20.5. The molecule has 2 aliphatic rings. The summed E-state index contributed by atoms with van der Waals surface area (Å²) in [7, 11) is 1.81. The fourth-order valence-corrected chi connectivity index (χ4v) is 6.17. The highest BCUT2D eigenvalue weighted by Gasteiger charge is 2.58. The molecule has 2 atom stereocenters. The fourth-order valence-electron chi connectivity index (χ4n) is 6.17. The summed E-state index contributed by atoms with van der Waals surface area (Å²) in [5, 5.41) is 9.47. The van der Waals surface area contributed by atoms with Gasteiger partial charge in [0.05, 0.1) is 18.5 Å². The van der Waals surface area contributed by atoms with Gasteiger partial charge in [-0.2, -0.15) is 9.83 Å². The molecule has 1 aromatic carbocycles. The quantitative estimate of drug-likeness (QED) is 0.424. The highest BCUT2D eigenvalue weighted by molar-refractivity contribution is 5.84. The second kappa shape index (κ2) is 7.98. The minimum Gasteiger partial charge on any atom is -0.448 e. The van der Waals surface area contributed by atoms with Crippen molar-refractivity contribution in [2.24, 2.45) is 7.05 Å². The Hall–Kier alpha value is -3.60. The molecular weight excluding hydrogens is 450 g/mol. The van der Waals surface area contributed by atoms with Crippen molar-refractivity contribution in [3.05, 3.63) is 70.4 Å². The lowest BCUT2D eigenvalue weighted by atomic mass is 9.67. The van der Waals surface area contributed by atoms with E-state index in [1.165, 1.54) is 6.07 Å². The number of aryl methyl sites for hydroxylation is 2. The van der Waals surface area contributed by atoms with Gasteiger partial charge < -0.3 is 4.74 Å². The normalized spacial score (nSPS) is 19.9. The van der Waals surface area contributed by atoms with E-state index < -0.39 is 40.7 Å². The number of pyridine rings is 1. The van der Waals surface area contributed by atoms with Crippen LogP contribution in [0.4, 0.5) is 8.78 Å². The Morgan fingerprint density at radius 2 is 1.97 bits per heavy atom. The smallest absolute Gasteiger partial charge is 0.422 e. The number of nitrogens with zero attached hydrogens (tertiary/aromatic N) is 4. The van der Waals surface area contributed by atoms with Gasteiger partial charge in [-0.05, 0) is 24.1 Å². The van der Waals surface area contributed by atoms with E-state index in [1.807, 2.05) is 68.4 Å². The van der Waals surface area contributed by atoms with E-state index in [1.54, 1.807) is 10.6 Å². The number of nitriles is 1. The van der Waals surface area contributed by atoms with Crippen molar-refractivity contribution in [1.82, 2.24) is 4.57 Å². The van der Waals surface area contributed by atoms with Gasteiger partial charge in [0.15, 0.2) is 23.7 Å². The average molecular weight is 479 g/mol. The first kappa shape index (κ1) is 23.2. The molecular formula is C27H28F2N4O2+2. The number of carbonyl (C=O) groups excluding carboxylic acids is 1. The third-order valence-corrected chi connectivity index (χ3v) is 8.00. The number of imidazole rings is 1. The number of ether oxygens (including phenoxy) is 1. The molecule has 2 aliphatic heterocycles. The van der Waals surface area contributed by atoms with Crippen LogP contribution >= 0.6 is 0 Å². The van der Waals surface area contributed by atoms with Gasteiger partial charge in [-0.25, -0.2) is 22.7 Å².